The van der Waals surface area contributed by atoms with Crippen molar-refractivity contribution in [1.29, 1.82) is 0 Å². The van der Waals surface area contributed by atoms with Gasteiger partial charge in [-0.05, 0) is 24.8 Å². The van der Waals surface area contributed by atoms with Crippen molar-refractivity contribution in [2.75, 3.05) is 0 Å². The highest BCUT2D eigenvalue weighted by molar-refractivity contribution is 5.15. The molecular formula is C19H28O2. The first-order valence-electron chi connectivity index (χ1n) is 7.84. The molecule has 1 aromatic rings. The predicted octanol–water partition coefficient (Wildman–Crippen LogP) is 4.74. The molecule has 0 aromatic heterocycles. The molecule has 1 fully saturated rings. The summed E-state index contributed by atoms with van der Waals surface area (Å²) in [5, 5.41) is 0. The van der Waals surface area contributed by atoms with Gasteiger partial charge in [-0.25, -0.2) is 0 Å². The van der Waals surface area contributed by atoms with Gasteiger partial charge in [-0.2, -0.15) is 0 Å². The second-order valence-corrected chi connectivity index (χ2v) is 7.26. The van der Waals surface area contributed by atoms with Crippen LogP contribution in [-0.2, 0) is 15.9 Å². The standard InChI is InChI=1S/C19H28O2/c1-14(2)11-16-13-17(19(3,4)5)21-18(20-16)12-15-9-7-6-8-10-15/h6-11,16-18H,12-13H2,1-5H3. The van der Waals surface area contributed by atoms with Crippen LogP contribution in [0.3, 0.4) is 0 Å². The molecule has 0 N–H and O–H groups in total. The normalized spacial score (nSPS) is 26.4. The Morgan fingerprint density at radius 3 is 2.38 bits per heavy atom. The van der Waals surface area contributed by atoms with Gasteiger partial charge in [0.25, 0.3) is 0 Å². The first-order chi connectivity index (χ1) is 9.84. The van der Waals surface area contributed by atoms with Crippen molar-refractivity contribution in [3.8, 4) is 0 Å². The van der Waals surface area contributed by atoms with Crippen molar-refractivity contribution in [2.45, 2.75) is 66.0 Å². The molecule has 1 saturated heterocycles. The number of hydrogen-bond acceptors (Lipinski definition) is 2. The molecule has 1 aliphatic rings. The maximum absolute atomic E-state index is 6.22. The Morgan fingerprint density at radius 2 is 1.81 bits per heavy atom. The summed E-state index contributed by atoms with van der Waals surface area (Å²) in [6.07, 6.45) is 4.17. The molecular weight excluding hydrogens is 260 g/mol. The van der Waals surface area contributed by atoms with Crippen LogP contribution in [0.4, 0.5) is 0 Å². The Hall–Kier alpha value is -1.12. The van der Waals surface area contributed by atoms with Crippen molar-refractivity contribution >= 4 is 0 Å². The fourth-order valence-electron chi connectivity index (χ4n) is 2.67. The second-order valence-electron chi connectivity index (χ2n) is 7.26. The van der Waals surface area contributed by atoms with Crippen molar-refractivity contribution in [1.82, 2.24) is 0 Å². The van der Waals surface area contributed by atoms with E-state index in [1.807, 2.05) is 6.07 Å². The molecule has 0 bridgehead atoms. The van der Waals surface area contributed by atoms with Crippen LogP contribution < -0.4 is 0 Å². The summed E-state index contributed by atoms with van der Waals surface area (Å²) >= 11 is 0. The van der Waals surface area contributed by atoms with Gasteiger partial charge < -0.3 is 9.47 Å². The van der Waals surface area contributed by atoms with E-state index in [1.54, 1.807) is 0 Å². The summed E-state index contributed by atoms with van der Waals surface area (Å²) in [6, 6.07) is 10.4. The highest BCUT2D eigenvalue weighted by Crippen LogP contribution is 2.33. The average molecular weight is 288 g/mol. The van der Waals surface area contributed by atoms with E-state index in [0.717, 1.165) is 12.8 Å². The monoisotopic (exact) mass is 288 g/mol. The molecule has 0 spiro atoms. The average Bonchev–Trinajstić information content (AvgIpc) is 2.37. The van der Waals surface area contributed by atoms with Crippen LogP contribution in [0.1, 0.15) is 46.6 Å². The molecule has 3 unspecified atom stereocenters. The third kappa shape index (κ3) is 4.98. The molecule has 116 valence electrons. The minimum atomic E-state index is -0.161. The lowest BCUT2D eigenvalue weighted by Crippen LogP contribution is -2.44. The van der Waals surface area contributed by atoms with Crippen molar-refractivity contribution in [3.63, 3.8) is 0 Å². The summed E-state index contributed by atoms with van der Waals surface area (Å²) < 4.78 is 12.3. The van der Waals surface area contributed by atoms with Crippen molar-refractivity contribution < 1.29 is 9.47 Å². The summed E-state index contributed by atoms with van der Waals surface area (Å²) in [5.74, 6) is 0. The van der Waals surface area contributed by atoms with E-state index in [0.29, 0.717) is 0 Å². The van der Waals surface area contributed by atoms with Gasteiger partial charge in [0.2, 0.25) is 0 Å². The quantitative estimate of drug-likeness (QED) is 0.748. The smallest absolute Gasteiger partial charge is 0.162 e. The third-order valence-corrected chi connectivity index (χ3v) is 3.82. The summed E-state index contributed by atoms with van der Waals surface area (Å²) in [5.41, 5.74) is 2.69. The van der Waals surface area contributed by atoms with Crippen LogP contribution in [-0.4, -0.2) is 18.5 Å². The zero-order valence-corrected chi connectivity index (χ0v) is 13.9. The van der Waals surface area contributed by atoms with E-state index in [4.69, 9.17) is 9.47 Å². The fourth-order valence-corrected chi connectivity index (χ4v) is 2.67. The summed E-state index contributed by atoms with van der Waals surface area (Å²) in [7, 11) is 0. The van der Waals surface area contributed by atoms with E-state index in [2.05, 4.69) is 65.0 Å². The van der Waals surface area contributed by atoms with Gasteiger partial charge in [0.05, 0.1) is 12.2 Å². The molecule has 0 aliphatic carbocycles. The van der Waals surface area contributed by atoms with Gasteiger partial charge in [-0.3, -0.25) is 0 Å². The first kappa shape index (κ1) is 16.3. The van der Waals surface area contributed by atoms with Gasteiger partial charge in [-0.15, -0.1) is 0 Å². The molecule has 2 rings (SSSR count). The Balaban J connectivity index is 2.11. The van der Waals surface area contributed by atoms with E-state index in [-0.39, 0.29) is 23.9 Å². The number of hydrogen-bond donors (Lipinski definition) is 0. The van der Waals surface area contributed by atoms with Crippen LogP contribution in [0.5, 0.6) is 0 Å². The Morgan fingerprint density at radius 1 is 1.14 bits per heavy atom. The molecule has 0 saturated carbocycles. The van der Waals surface area contributed by atoms with Gasteiger partial charge in [-0.1, -0.05) is 62.8 Å². The van der Waals surface area contributed by atoms with Crippen LogP contribution >= 0.6 is 0 Å². The lowest BCUT2D eigenvalue weighted by molar-refractivity contribution is -0.250. The van der Waals surface area contributed by atoms with E-state index in [1.165, 1.54) is 11.1 Å². The molecule has 2 heteroatoms. The SMILES string of the molecule is CC(C)=CC1CC(C(C)(C)C)OC(Cc2ccccc2)O1. The van der Waals surface area contributed by atoms with E-state index < -0.39 is 0 Å². The van der Waals surface area contributed by atoms with Gasteiger partial charge in [0, 0.05) is 12.8 Å². The van der Waals surface area contributed by atoms with Gasteiger partial charge >= 0.3 is 0 Å². The third-order valence-electron chi connectivity index (χ3n) is 3.82. The lowest BCUT2D eigenvalue weighted by Gasteiger charge is -2.41. The zero-order chi connectivity index (χ0) is 15.5. The maximum Gasteiger partial charge on any atom is 0.162 e. The van der Waals surface area contributed by atoms with Crippen LogP contribution in [0.25, 0.3) is 0 Å². The highest BCUT2D eigenvalue weighted by Gasteiger charge is 2.35. The maximum atomic E-state index is 6.22. The lowest BCUT2D eigenvalue weighted by atomic mass is 9.84. The topological polar surface area (TPSA) is 18.5 Å². The molecule has 0 radical (unpaired) electrons. The van der Waals surface area contributed by atoms with Gasteiger partial charge in [0.1, 0.15) is 0 Å². The number of benzene rings is 1. The number of rotatable bonds is 3. The molecule has 2 nitrogen and oxygen atoms in total. The van der Waals surface area contributed by atoms with Crippen molar-refractivity contribution in [3.05, 3.63) is 47.5 Å². The van der Waals surface area contributed by atoms with Crippen LogP contribution in [0.2, 0.25) is 0 Å². The molecule has 21 heavy (non-hydrogen) atoms. The zero-order valence-electron chi connectivity index (χ0n) is 13.9. The first-order valence-corrected chi connectivity index (χ1v) is 7.84. The minimum absolute atomic E-state index is 0.131. The fraction of sp³-hybridized carbons (Fsp3) is 0.579. The van der Waals surface area contributed by atoms with E-state index in [9.17, 15) is 0 Å². The molecule has 1 heterocycles. The van der Waals surface area contributed by atoms with Gasteiger partial charge in [0.15, 0.2) is 6.29 Å². The molecule has 3 atom stereocenters. The van der Waals surface area contributed by atoms with Crippen molar-refractivity contribution in [2.24, 2.45) is 5.41 Å². The second kappa shape index (κ2) is 6.76. The summed E-state index contributed by atoms with van der Waals surface area (Å²) in [6.45, 7) is 11.0. The number of allylic oxidation sites excluding steroid dienone is 1. The number of ether oxygens (including phenoxy) is 2. The Kier molecular flexibility index (Phi) is 5.23. The van der Waals surface area contributed by atoms with E-state index >= 15 is 0 Å². The molecule has 0 amide bonds. The minimum Gasteiger partial charge on any atom is -0.348 e. The predicted molar refractivity (Wildman–Crippen MR) is 87.2 cm³/mol. The molecule has 1 aliphatic heterocycles. The molecule has 1 aromatic carbocycles. The van der Waals surface area contributed by atoms with Crippen LogP contribution in [0, 0.1) is 5.41 Å². The summed E-state index contributed by atoms with van der Waals surface area (Å²) in [4.78, 5) is 0. The highest BCUT2D eigenvalue weighted by atomic mass is 16.7. The largest absolute Gasteiger partial charge is 0.348 e. The Bertz CT molecular complexity index is 466. The Labute approximate surface area is 129 Å². The van der Waals surface area contributed by atoms with Crippen LogP contribution in [0.15, 0.2) is 42.0 Å².